The second-order valence-corrected chi connectivity index (χ2v) is 8.30. The predicted octanol–water partition coefficient (Wildman–Crippen LogP) is 2.46. The van der Waals surface area contributed by atoms with Crippen LogP contribution in [0.2, 0.25) is 0 Å². The largest absolute Gasteiger partial charge is 0.507 e. The average Bonchev–Trinajstić information content (AvgIpc) is 2.44. The van der Waals surface area contributed by atoms with Crippen LogP contribution in [0.3, 0.4) is 0 Å². The maximum absolute atomic E-state index is 12.4. The Balaban J connectivity index is 3.17. The highest BCUT2D eigenvalue weighted by Gasteiger charge is 2.27. The Morgan fingerprint density at radius 2 is 1.54 bits per heavy atom. The van der Waals surface area contributed by atoms with Crippen LogP contribution in [0.5, 0.6) is 5.75 Å². The molecule has 0 aromatic heterocycles. The lowest BCUT2D eigenvalue weighted by Gasteiger charge is -2.28. The molecule has 1 aromatic carbocycles. The molecule has 1 rings (SSSR count). The van der Waals surface area contributed by atoms with Crippen molar-refractivity contribution in [2.45, 2.75) is 64.9 Å². The molecule has 136 valence electrons. The standard InChI is InChI=1S/C19H31NO4/c1-18(2,3)14-9-12(10-15(16(14)23)19(4,5)6)17(24)20-8-7-13(22)11-21/h9-10,13,21-23H,7-8,11H2,1-6H3,(H,20,24)/t13-/m1/s1. The van der Waals surface area contributed by atoms with Crippen molar-refractivity contribution in [1.82, 2.24) is 5.32 Å². The first-order valence-electron chi connectivity index (χ1n) is 8.33. The van der Waals surface area contributed by atoms with E-state index in [2.05, 4.69) is 5.32 Å². The molecule has 0 aliphatic rings. The van der Waals surface area contributed by atoms with Crippen LogP contribution in [0.1, 0.15) is 69.4 Å². The summed E-state index contributed by atoms with van der Waals surface area (Å²) in [5.41, 5.74) is 1.35. The van der Waals surface area contributed by atoms with Crippen LogP contribution in [-0.2, 0) is 10.8 Å². The van der Waals surface area contributed by atoms with Crippen molar-refractivity contribution in [2.75, 3.05) is 13.2 Å². The summed E-state index contributed by atoms with van der Waals surface area (Å²) in [6.07, 6.45) is -0.543. The predicted molar refractivity (Wildman–Crippen MR) is 95.5 cm³/mol. The molecule has 4 N–H and O–H groups in total. The maximum atomic E-state index is 12.4. The van der Waals surface area contributed by atoms with E-state index >= 15 is 0 Å². The number of aliphatic hydroxyl groups excluding tert-OH is 2. The van der Waals surface area contributed by atoms with Gasteiger partial charge in [0.25, 0.3) is 5.91 Å². The van der Waals surface area contributed by atoms with Crippen LogP contribution in [-0.4, -0.2) is 40.5 Å². The molecule has 0 saturated heterocycles. The first-order valence-corrected chi connectivity index (χ1v) is 8.33. The molecule has 0 aliphatic carbocycles. The zero-order chi connectivity index (χ0) is 18.7. The number of carbonyl (C=O) groups excluding carboxylic acids is 1. The molecule has 5 heteroatoms. The van der Waals surface area contributed by atoms with Gasteiger partial charge in [0.05, 0.1) is 12.7 Å². The van der Waals surface area contributed by atoms with Gasteiger partial charge in [0.1, 0.15) is 5.75 Å². The third kappa shape index (κ3) is 5.21. The van der Waals surface area contributed by atoms with Crippen molar-refractivity contribution in [2.24, 2.45) is 0 Å². The van der Waals surface area contributed by atoms with Gasteiger partial charge in [-0.3, -0.25) is 4.79 Å². The van der Waals surface area contributed by atoms with E-state index in [0.29, 0.717) is 12.0 Å². The number of carbonyl (C=O) groups is 1. The van der Waals surface area contributed by atoms with E-state index in [1.807, 2.05) is 41.5 Å². The molecule has 24 heavy (non-hydrogen) atoms. The highest BCUT2D eigenvalue weighted by atomic mass is 16.3. The minimum Gasteiger partial charge on any atom is -0.507 e. The van der Waals surface area contributed by atoms with Crippen LogP contribution in [0, 0.1) is 0 Å². The van der Waals surface area contributed by atoms with Crippen LogP contribution in [0.4, 0.5) is 0 Å². The quantitative estimate of drug-likeness (QED) is 0.664. The van der Waals surface area contributed by atoms with Crippen molar-refractivity contribution < 1.29 is 20.1 Å². The Hall–Kier alpha value is -1.59. The number of nitrogens with one attached hydrogen (secondary N) is 1. The smallest absolute Gasteiger partial charge is 0.251 e. The summed E-state index contributed by atoms with van der Waals surface area (Å²) in [6.45, 7) is 11.9. The number of rotatable bonds is 5. The molecule has 1 atom stereocenters. The fourth-order valence-electron chi connectivity index (χ4n) is 2.45. The summed E-state index contributed by atoms with van der Waals surface area (Å²) in [4.78, 5) is 12.4. The molecule has 0 radical (unpaired) electrons. The lowest BCUT2D eigenvalue weighted by Crippen LogP contribution is -2.29. The van der Waals surface area contributed by atoms with E-state index in [9.17, 15) is 15.0 Å². The van der Waals surface area contributed by atoms with Gasteiger partial charge in [-0.15, -0.1) is 0 Å². The van der Waals surface area contributed by atoms with E-state index in [4.69, 9.17) is 5.11 Å². The molecule has 0 unspecified atom stereocenters. The van der Waals surface area contributed by atoms with Gasteiger partial charge in [0.15, 0.2) is 0 Å². The van der Waals surface area contributed by atoms with Crippen LogP contribution in [0.15, 0.2) is 12.1 Å². The Labute approximate surface area is 144 Å². The van der Waals surface area contributed by atoms with E-state index < -0.39 is 6.10 Å². The van der Waals surface area contributed by atoms with E-state index in [0.717, 1.165) is 11.1 Å². The summed E-state index contributed by atoms with van der Waals surface area (Å²) >= 11 is 0. The first kappa shape index (κ1) is 20.5. The number of aliphatic hydroxyl groups is 2. The number of hydrogen-bond donors (Lipinski definition) is 4. The number of benzene rings is 1. The molecule has 0 heterocycles. The third-order valence-corrected chi connectivity index (χ3v) is 3.96. The van der Waals surface area contributed by atoms with Gasteiger partial charge in [0.2, 0.25) is 0 Å². The normalized spacial score (nSPS) is 13.7. The monoisotopic (exact) mass is 337 g/mol. The highest BCUT2D eigenvalue weighted by Crippen LogP contribution is 2.39. The number of phenolic OH excluding ortho intramolecular Hbond substituents is 1. The second-order valence-electron chi connectivity index (χ2n) is 8.30. The molecule has 5 nitrogen and oxygen atoms in total. The van der Waals surface area contributed by atoms with Gasteiger partial charge >= 0.3 is 0 Å². The minimum absolute atomic E-state index is 0.238. The summed E-state index contributed by atoms with van der Waals surface area (Å²) in [7, 11) is 0. The number of hydrogen-bond acceptors (Lipinski definition) is 4. The highest BCUT2D eigenvalue weighted by molar-refractivity contribution is 5.95. The van der Waals surface area contributed by atoms with E-state index in [1.165, 1.54) is 0 Å². The van der Waals surface area contributed by atoms with Crippen molar-refractivity contribution in [3.63, 3.8) is 0 Å². The van der Waals surface area contributed by atoms with Gasteiger partial charge in [-0.05, 0) is 29.4 Å². The Bertz CT molecular complexity index is 547. The summed E-state index contributed by atoms with van der Waals surface area (Å²) < 4.78 is 0. The van der Waals surface area contributed by atoms with Crippen molar-refractivity contribution >= 4 is 5.91 Å². The number of aromatic hydroxyl groups is 1. The Morgan fingerprint density at radius 3 is 1.92 bits per heavy atom. The molecule has 1 aromatic rings. The molecule has 0 aliphatic heterocycles. The fraction of sp³-hybridized carbons (Fsp3) is 0.632. The van der Waals surface area contributed by atoms with Crippen LogP contribution >= 0.6 is 0 Å². The van der Waals surface area contributed by atoms with E-state index in [1.54, 1.807) is 12.1 Å². The molecular weight excluding hydrogens is 306 g/mol. The van der Waals surface area contributed by atoms with Gasteiger partial charge in [-0.2, -0.15) is 0 Å². The zero-order valence-electron chi connectivity index (χ0n) is 15.6. The number of phenols is 1. The first-order chi connectivity index (χ1) is 10.9. The Morgan fingerprint density at radius 1 is 1.08 bits per heavy atom. The van der Waals surface area contributed by atoms with Gasteiger partial charge in [-0.1, -0.05) is 41.5 Å². The lowest BCUT2D eigenvalue weighted by atomic mass is 9.78. The Kier molecular flexibility index (Phi) is 6.42. The SMILES string of the molecule is CC(C)(C)c1cc(C(=O)NCC[C@@H](O)CO)cc(C(C)(C)C)c1O. The van der Waals surface area contributed by atoms with E-state index in [-0.39, 0.29) is 35.6 Å². The minimum atomic E-state index is -0.833. The van der Waals surface area contributed by atoms with Gasteiger partial charge in [0, 0.05) is 23.2 Å². The van der Waals surface area contributed by atoms with Gasteiger partial charge < -0.3 is 20.6 Å². The lowest BCUT2D eigenvalue weighted by molar-refractivity contribution is 0.0834. The summed E-state index contributed by atoms with van der Waals surface area (Å²) in [5.74, 6) is -0.0154. The second kappa shape index (κ2) is 7.53. The van der Waals surface area contributed by atoms with Crippen molar-refractivity contribution in [1.29, 1.82) is 0 Å². The van der Waals surface area contributed by atoms with Crippen molar-refractivity contribution in [3.05, 3.63) is 28.8 Å². The molecule has 0 spiro atoms. The zero-order valence-corrected chi connectivity index (χ0v) is 15.6. The molecular formula is C19H31NO4. The molecule has 1 amide bonds. The average molecular weight is 337 g/mol. The third-order valence-electron chi connectivity index (χ3n) is 3.96. The van der Waals surface area contributed by atoms with Gasteiger partial charge in [-0.25, -0.2) is 0 Å². The molecule has 0 bridgehead atoms. The topological polar surface area (TPSA) is 89.8 Å². The van der Waals surface area contributed by atoms with Crippen LogP contribution < -0.4 is 5.32 Å². The maximum Gasteiger partial charge on any atom is 0.251 e. The molecule has 0 saturated carbocycles. The number of amides is 1. The van der Waals surface area contributed by atoms with Crippen molar-refractivity contribution in [3.8, 4) is 5.75 Å². The molecule has 0 fully saturated rings. The summed E-state index contributed by atoms with van der Waals surface area (Å²) in [6, 6.07) is 3.45. The summed E-state index contributed by atoms with van der Waals surface area (Å²) in [5, 5.41) is 31.6. The van der Waals surface area contributed by atoms with Crippen LogP contribution in [0.25, 0.3) is 0 Å². The fourth-order valence-corrected chi connectivity index (χ4v) is 2.45.